The second-order valence-electron chi connectivity index (χ2n) is 5.28. The van der Waals surface area contributed by atoms with E-state index in [2.05, 4.69) is 11.0 Å². The lowest BCUT2D eigenvalue weighted by Gasteiger charge is -2.18. The molecule has 0 unspecified atom stereocenters. The van der Waals surface area contributed by atoms with Crippen LogP contribution < -0.4 is 4.74 Å². The molecule has 0 spiro atoms. The van der Waals surface area contributed by atoms with Gasteiger partial charge in [-0.2, -0.15) is 0 Å². The van der Waals surface area contributed by atoms with Gasteiger partial charge in [0.25, 0.3) is 0 Å². The van der Waals surface area contributed by atoms with Crippen molar-refractivity contribution in [1.82, 2.24) is 0 Å². The van der Waals surface area contributed by atoms with Gasteiger partial charge in [-0.1, -0.05) is 17.1 Å². The zero-order chi connectivity index (χ0) is 15.3. The van der Waals surface area contributed by atoms with Gasteiger partial charge in [0.05, 0.1) is 5.71 Å². The molecule has 0 bridgehead atoms. The molecule has 0 aromatic heterocycles. The summed E-state index contributed by atoms with van der Waals surface area (Å²) >= 11 is -1.35. The molecule has 5 heteroatoms. The Labute approximate surface area is 122 Å². The van der Waals surface area contributed by atoms with Crippen LogP contribution >= 0.6 is 0 Å². The van der Waals surface area contributed by atoms with E-state index >= 15 is 0 Å². The molecule has 0 aliphatic rings. The van der Waals surface area contributed by atoms with Crippen molar-refractivity contribution in [2.75, 3.05) is 6.61 Å². The molecular formula is C15H20FNO2S. The average Bonchev–Trinajstić information content (AvgIpc) is 2.36. The third kappa shape index (κ3) is 4.65. The van der Waals surface area contributed by atoms with Gasteiger partial charge in [0.15, 0.2) is 11.6 Å². The van der Waals surface area contributed by atoms with Crippen molar-refractivity contribution in [2.45, 2.75) is 32.4 Å². The highest BCUT2D eigenvalue weighted by Gasteiger charge is 2.26. The molecule has 0 radical (unpaired) electrons. The Kier molecular flexibility index (Phi) is 5.77. The van der Waals surface area contributed by atoms with E-state index in [1.807, 2.05) is 20.8 Å². The summed E-state index contributed by atoms with van der Waals surface area (Å²) in [6.07, 6.45) is 1.54. The first kappa shape index (κ1) is 16.7. The monoisotopic (exact) mass is 297 g/mol. The predicted octanol–water partition coefficient (Wildman–Crippen LogP) is 3.66. The number of halogens is 1. The first-order valence-electron chi connectivity index (χ1n) is 6.26. The molecule has 0 heterocycles. The molecule has 3 nitrogen and oxygen atoms in total. The summed E-state index contributed by atoms with van der Waals surface area (Å²) in [6.45, 7) is 11.0. The van der Waals surface area contributed by atoms with E-state index in [0.29, 0.717) is 11.3 Å². The topological polar surface area (TPSA) is 44.6 Å². The van der Waals surface area contributed by atoms with Gasteiger partial charge in [0, 0.05) is 5.56 Å². The van der Waals surface area contributed by atoms with Crippen molar-refractivity contribution in [3.63, 3.8) is 0 Å². The predicted molar refractivity (Wildman–Crippen MR) is 82.2 cm³/mol. The van der Waals surface area contributed by atoms with E-state index in [1.54, 1.807) is 25.1 Å². The van der Waals surface area contributed by atoms with Crippen molar-refractivity contribution >= 4 is 17.1 Å². The maximum atomic E-state index is 13.5. The lowest BCUT2D eigenvalue weighted by Crippen LogP contribution is -2.26. The van der Waals surface area contributed by atoms with Crippen molar-refractivity contribution in [2.24, 2.45) is 4.40 Å². The molecule has 20 heavy (non-hydrogen) atoms. The Bertz CT molecular complexity index is 509. The molecule has 0 amide bonds. The van der Waals surface area contributed by atoms with E-state index in [1.165, 1.54) is 6.07 Å². The minimum atomic E-state index is -1.35. The highest BCUT2D eigenvalue weighted by molar-refractivity contribution is 7.91. The zero-order valence-corrected chi connectivity index (χ0v) is 13.1. The van der Waals surface area contributed by atoms with Crippen LogP contribution in [-0.4, -0.2) is 21.6 Å². The summed E-state index contributed by atoms with van der Waals surface area (Å²) < 4.78 is 34.5. The fourth-order valence-corrected chi connectivity index (χ4v) is 1.93. The van der Waals surface area contributed by atoms with E-state index < -0.39 is 21.9 Å². The van der Waals surface area contributed by atoms with Crippen LogP contribution in [0.3, 0.4) is 0 Å². The smallest absolute Gasteiger partial charge is 0.165 e. The Morgan fingerprint density at radius 2 is 2.15 bits per heavy atom. The van der Waals surface area contributed by atoms with Gasteiger partial charge in [0.2, 0.25) is 0 Å². The van der Waals surface area contributed by atoms with Crippen LogP contribution in [0.15, 0.2) is 35.3 Å². The minimum Gasteiger partial charge on any atom is -0.591 e. The van der Waals surface area contributed by atoms with E-state index in [-0.39, 0.29) is 12.4 Å². The molecule has 110 valence electrons. The maximum absolute atomic E-state index is 13.5. The molecule has 0 aliphatic heterocycles. The summed E-state index contributed by atoms with van der Waals surface area (Å²) in [5, 5.41) is 0. The number of benzene rings is 1. The first-order chi connectivity index (χ1) is 9.25. The summed E-state index contributed by atoms with van der Waals surface area (Å²) in [5.41, 5.74) is 1.27. The maximum Gasteiger partial charge on any atom is 0.165 e. The molecule has 0 saturated heterocycles. The van der Waals surface area contributed by atoms with Gasteiger partial charge in [-0.05, 0) is 45.9 Å². The molecular weight excluding hydrogens is 277 g/mol. The van der Waals surface area contributed by atoms with Gasteiger partial charge in [-0.25, -0.2) is 4.39 Å². The summed E-state index contributed by atoms with van der Waals surface area (Å²) in [6, 6.07) is 4.46. The van der Waals surface area contributed by atoms with E-state index in [0.717, 1.165) is 0 Å². The van der Waals surface area contributed by atoms with Gasteiger partial charge in [0.1, 0.15) is 22.7 Å². The number of hydrogen-bond donors (Lipinski definition) is 0. The third-order valence-corrected chi connectivity index (χ3v) is 3.94. The molecule has 1 aromatic carbocycles. The lowest BCUT2D eigenvalue weighted by molar-refractivity contribution is 0.342. The van der Waals surface area contributed by atoms with Gasteiger partial charge in [-0.3, -0.25) is 0 Å². The zero-order valence-electron chi connectivity index (χ0n) is 12.3. The molecule has 1 aromatic rings. The second kappa shape index (κ2) is 6.90. The van der Waals surface area contributed by atoms with Crippen molar-refractivity contribution < 1.29 is 13.7 Å². The second-order valence-corrected chi connectivity index (χ2v) is 7.19. The average molecular weight is 297 g/mol. The van der Waals surface area contributed by atoms with Gasteiger partial charge < -0.3 is 9.29 Å². The van der Waals surface area contributed by atoms with Crippen LogP contribution in [0.2, 0.25) is 0 Å². The normalized spacial score (nSPS) is 14.0. The van der Waals surface area contributed by atoms with Crippen LogP contribution in [0.1, 0.15) is 33.3 Å². The van der Waals surface area contributed by atoms with Crippen molar-refractivity contribution in [1.29, 1.82) is 0 Å². The third-order valence-electron chi connectivity index (χ3n) is 2.45. The van der Waals surface area contributed by atoms with Crippen LogP contribution in [0, 0.1) is 5.82 Å². The van der Waals surface area contributed by atoms with Crippen LogP contribution in [0.4, 0.5) is 4.39 Å². The largest absolute Gasteiger partial charge is 0.591 e. The molecule has 0 N–H and O–H groups in total. The molecule has 0 aliphatic carbocycles. The molecule has 1 rings (SSSR count). The number of nitrogens with zero attached hydrogens (tertiary/aromatic N) is 1. The van der Waals surface area contributed by atoms with Gasteiger partial charge >= 0.3 is 0 Å². The quantitative estimate of drug-likeness (QED) is 0.473. The number of rotatable bonds is 5. The Hall–Kier alpha value is -1.33. The lowest BCUT2D eigenvalue weighted by atomic mass is 10.1. The summed E-state index contributed by atoms with van der Waals surface area (Å²) in [4.78, 5) is 0. The SMILES string of the molecule is C=CCOc1cc(/C(C)=N/[S@@+]([O-])C(C)(C)C)ccc1F. The highest BCUT2D eigenvalue weighted by Crippen LogP contribution is 2.22. The standard InChI is InChI=1S/C15H20FNO2S/c1-6-9-19-14-10-12(7-8-13(14)16)11(2)17-20(18)15(3,4)5/h6-8,10H,1,9H2,2-5H3/b17-11+/t20-/m0/s1. The van der Waals surface area contributed by atoms with Crippen molar-refractivity contribution in [3.05, 3.63) is 42.2 Å². The van der Waals surface area contributed by atoms with Crippen LogP contribution in [0.5, 0.6) is 5.75 Å². The number of hydrogen-bond acceptors (Lipinski definition) is 3. The Balaban J connectivity index is 3.01. The first-order valence-corrected chi connectivity index (χ1v) is 7.37. The number of ether oxygens (including phenoxy) is 1. The summed E-state index contributed by atoms with van der Waals surface area (Å²) in [5.74, 6) is -0.307. The molecule has 0 fully saturated rings. The minimum absolute atomic E-state index is 0.137. The molecule has 1 atom stereocenters. The Morgan fingerprint density at radius 1 is 1.50 bits per heavy atom. The Morgan fingerprint density at radius 3 is 2.70 bits per heavy atom. The van der Waals surface area contributed by atoms with Crippen molar-refractivity contribution in [3.8, 4) is 5.75 Å². The van der Waals surface area contributed by atoms with Crippen LogP contribution in [0.25, 0.3) is 0 Å². The fourth-order valence-electron chi connectivity index (χ4n) is 1.30. The van der Waals surface area contributed by atoms with Gasteiger partial charge in [-0.15, -0.1) is 0 Å². The highest BCUT2D eigenvalue weighted by atomic mass is 32.2. The fraction of sp³-hybridized carbons (Fsp3) is 0.400. The molecule has 0 saturated carbocycles. The summed E-state index contributed by atoms with van der Waals surface area (Å²) in [7, 11) is 0. The van der Waals surface area contributed by atoms with E-state index in [9.17, 15) is 8.94 Å². The van der Waals surface area contributed by atoms with Crippen LogP contribution in [-0.2, 0) is 11.4 Å². The van der Waals surface area contributed by atoms with E-state index in [4.69, 9.17) is 4.74 Å².